The average Bonchev–Trinajstić information content (AvgIpc) is 2.19. The van der Waals surface area contributed by atoms with E-state index in [9.17, 15) is 18.0 Å². The lowest BCUT2D eigenvalue weighted by molar-refractivity contribution is -0.122. The molecule has 0 aliphatic rings. The highest BCUT2D eigenvalue weighted by Crippen LogP contribution is 2.12. The first-order valence-electron chi connectivity index (χ1n) is 5.45. The van der Waals surface area contributed by atoms with Gasteiger partial charge in [-0.15, -0.1) is 0 Å². The minimum Gasteiger partial charge on any atom is -0.380 e. The van der Waals surface area contributed by atoms with E-state index in [1.54, 1.807) is 12.2 Å². The van der Waals surface area contributed by atoms with E-state index in [0.29, 0.717) is 6.61 Å². The van der Waals surface area contributed by atoms with Crippen LogP contribution in [0.3, 0.4) is 0 Å². The number of nitrogens with one attached hydrogen (secondary N) is 2. The molecular formula is C10H19F3N2O2. The maximum atomic E-state index is 11.8. The number of hydrogen-bond acceptors (Lipinski definition) is 2. The van der Waals surface area contributed by atoms with Gasteiger partial charge in [0.1, 0.15) is 6.54 Å². The highest BCUT2D eigenvalue weighted by molar-refractivity contribution is 5.74. The first-order valence-corrected chi connectivity index (χ1v) is 5.45. The molecule has 4 nitrogen and oxygen atoms in total. The molecule has 7 heteroatoms. The van der Waals surface area contributed by atoms with E-state index >= 15 is 0 Å². The van der Waals surface area contributed by atoms with Crippen molar-refractivity contribution in [3.8, 4) is 0 Å². The number of urea groups is 1. The van der Waals surface area contributed by atoms with Crippen LogP contribution in [-0.4, -0.2) is 38.0 Å². The zero-order valence-electron chi connectivity index (χ0n) is 10.2. The number of ether oxygens (including phenoxy) is 1. The Balaban J connectivity index is 4.04. The Morgan fingerprint density at radius 1 is 1.35 bits per heavy atom. The van der Waals surface area contributed by atoms with Crippen LogP contribution in [0.2, 0.25) is 0 Å². The Kier molecular flexibility index (Phi) is 6.94. The first kappa shape index (κ1) is 16.0. The molecule has 1 unspecified atom stereocenters. The van der Waals surface area contributed by atoms with E-state index in [2.05, 4.69) is 5.32 Å². The fraction of sp³-hybridized carbons (Fsp3) is 0.900. The third kappa shape index (κ3) is 8.79. The summed E-state index contributed by atoms with van der Waals surface area (Å²) in [7, 11) is 0. The van der Waals surface area contributed by atoms with Crippen molar-refractivity contribution in [3.05, 3.63) is 0 Å². The fourth-order valence-electron chi connectivity index (χ4n) is 1.05. The van der Waals surface area contributed by atoms with Crippen molar-refractivity contribution >= 4 is 6.03 Å². The van der Waals surface area contributed by atoms with Crippen LogP contribution in [0.4, 0.5) is 18.0 Å². The number of amides is 2. The third-order valence-corrected chi connectivity index (χ3v) is 2.07. The summed E-state index contributed by atoms with van der Waals surface area (Å²) in [6.45, 7) is 4.96. The van der Waals surface area contributed by atoms with Crippen LogP contribution in [0, 0.1) is 5.92 Å². The highest BCUT2D eigenvalue weighted by Gasteiger charge is 2.28. The molecule has 0 bridgehead atoms. The van der Waals surface area contributed by atoms with Gasteiger partial charge in [-0.3, -0.25) is 0 Å². The van der Waals surface area contributed by atoms with Crippen molar-refractivity contribution < 1.29 is 22.7 Å². The second-order valence-electron chi connectivity index (χ2n) is 3.95. The molecule has 0 radical (unpaired) electrons. The van der Waals surface area contributed by atoms with E-state index in [1.165, 1.54) is 0 Å². The molecule has 0 heterocycles. The van der Waals surface area contributed by atoms with E-state index in [0.717, 1.165) is 0 Å². The van der Waals surface area contributed by atoms with Crippen LogP contribution in [-0.2, 0) is 4.74 Å². The average molecular weight is 256 g/mol. The monoisotopic (exact) mass is 256 g/mol. The van der Waals surface area contributed by atoms with Gasteiger partial charge in [0.25, 0.3) is 0 Å². The Morgan fingerprint density at radius 2 is 1.94 bits per heavy atom. The zero-order chi connectivity index (χ0) is 13.5. The normalized spacial score (nSPS) is 13.6. The van der Waals surface area contributed by atoms with Crippen LogP contribution in [0.5, 0.6) is 0 Å². The van der Waals surface area contributed by atoms with Crippen molar-refractivity contribution in [2.24, 2.45) is 5.92 Å². The number of hydrogen-bond donors (Lipinski definition) is 2. The molecule has 0 aromatic carbocycles. The molecule has 0 rings (SSSR count). The molecule has 2 amide bonds. The van der Waals surface area contributed by atoms with Gasteiger partial charge in [-0.1, -0.05) is 13.8 Å². The summed E-state index contributed by atoms with van der Waals surface area (Å²) in [5.41, 5.74) is 0. The highest BCUT2D eigenvalue weighted by atomic mass is 19.4. The van der Waals surface area contributed by atoms with E-state index in [1.807, 2.05) is 13.8 Å². The third-order valence-electron chi connectivity index (χ3n) is 2.07. The van der Waals surface area contributed by atoms with E-state index < -0.39 is 18.8 Å². The number of carbonyl (C=O) groups is 1. The predicted molar refractivity (Wildman–Crippen MR) is 57.7 cm³/mol. The maximum Gasteiger partial charge on any atom is 0.405 e. The second kappa shape index (κ2) is 7.37. The lowest BCUT2D eigenvalue weighted by Gasteiger charge is -2.22. The number of carbonyl (C=O) groups excluding carboxylic acids is 1. The molecule has 0 aromatic rings. The summed E-state index contributed by atoms with van der Waals surface area (Å²) in [5, 5.41) is 4.20. The number of rotatable bonds is 6. The summed E-state index contributed by atoms with van der Waals surface area (Å²) in [6, 6.07) is -1.14. The number of halogens is 3. The summed E-state index contributed by atoms with van der Waals surface area (Å²) in [5.74, 6) is 0.0817. The molecule has 0 saturated carbocycles. The standard InChI is InChI=1S/C10H19F3N2O2/c1-4-17-5-8(7(2)3)15-9(16)14-6-10(11,12)13/h7-8H,4-6H2,1-3H3,(H2,14,15,16). The van der Waals surface area contributed by atoms with Crippen molar-refractivity contribution in [1.29, 1.82) is 0 Å². The largest absolute Gasteiger partial charge is 0.405 e. The molecular weight excluding hydrogens is 237 g/mol. The van der Waals surface area contributed by atoms with Crippen LogP contribution in [0.15, 0.2) is 0 Å². The quantitative estimate of drug-likeness (QED) is 0.762. The van der Waals surface area contributed by atoms with Gasteiger partial charge in [-0.25, -0.2) is 4.79 Å². The molecule has 0 fully saturated rings. The second-order valence-corrected chi connectivity index (χ2v) is 3.95. The van der Waals surface area contributed by atoms with E-state index in [4.69, 9.17) is 4.74 Å². The molecule has 102 valence electrons. The molecule has 0 aromatic heterocycles. The molecule has 0 aliphatic carbocycles. The van der Waals surface area contributed by atoms with Crippen molar-refractivity contribution in [3.63, 3.8) is 0 Å². The minimum absolute atomic E-state index is 0.0817. The summed E-state index contributed by atoms with van der Waals surface area (Å²) in [4.78, 5) is 11.2. The molecule has 17 heavy (non-hydrogen) atoms. The lowest BCUT2D eigenvalue weighted by Crippen LogP contribution is -2.48. The van der Waals surface area contributed by atoms with Crippen molar-refractivity contribution in [2.45, 2.75) is 33.0 Å². The lowest BCUT2D eigenvalue weighted by atomic mass is 10.1. The van der Waals surface area contributed by atoms with Gasteiger partial charge in [0, 0.05) is 6.61 Å². The Morgan fingerprint density at radius 3 is 2.35 bits per heavy atom. The summed E-state index contributed by atoms with van der Waals surface area (Å²) >= 11 is 0. The topological polar surface area (TPSA) is 50.4 Å². The van der Waals surface area contributed by atoms with Crippen molar-refractivity contribution in [2.75, 3.05) is 19.8 Å². The van der Waals surface area contributed by atoms with E-state index in [-0.39, 0.29) is 18.6 Å². The Hall–Kier alpha value is -0.980. The molecule has 1 atom stereocenters. The Labute approximate surface area is 98.9 Å². The van der Waals surface area contributed by atoms with Gasteiger partial charge < -0.3 is 15.4 Å². The van der Waals surface area contributed by atoms with Crippen LogP contribution < -0.4 is 10.6 Å². The van der Waals surface area contributed by atoms with Gasteiger partial charge in [-0.05, 0) is 12.8 Å². The Bertz CT molecular complexity index is 232. The van der Waals surface area contributed by atoms with Crippen LogP contribution >= 0.6 is 0 Å². The van der Waals surface area contributed by atoms with Crippen molar-refractivity contribution in [1.82, 2.24) is 10.6 Å². The molecule has 0 saturated heterocycles. The van der Waals surface area contributed by atoms with Gasteiger partial charge in [0.2, 0.25) is 0 Å². The summed E-state index contributed by atoms with van der Waals surface area (Å²) in [6.07, 6.45) is -4.40. The van der Waals surface area contributed by atoms with Gasteiger partial charge >= 0.3 is 12.2 Å². The molecule has 0 aliphatic heterocycles. The summed E-state index contributed by atoms with van der Waals surface area (Å²) < 4.78 is 40.7. The number of alkyl halides is 3. The zero-order valence-corrected chi connectivity index (χ0v) is 10.2. The fourth-order valence-corrected chi connectivity index (χ4v) is 1.05. The van der Waals surface area contributed by atoms with Crippen LogP contribution in [0.1, 0.15) is 20.8 Å². The first-order chi connectivity index (χ1) is 7.76. The van der Waals surface area contributed by atoms with Gasteiger partial charge in [0.15, 0.2) is 0 Å². The van der Waals surface area contributed by atoms with Gasteiger partial charge in [0.05, 0.1) is 12.6 Å². The predicted octanol–water partition coefficient (Wildman–Crippen LogP) is 1.91. The van der Waals surface area contributed by atoms with Gasteiger partial charge in [-0.2, -0.15) is 13.2 Å². The molecule has 0 spiro atoms. The van der Waals surface area contributed by atoms with Crippen LogP contribution in [0.25, 0.3) is 0 Å². The molecule has 2 N–H and O–H groups in total. The minimum atomic E-state index is -4.40. The SMILES string of the molecule is CCOCC(NC(=O)NCC(F)(F)F)C(C)C. The maximum absolute atomic E-state index is 11.8. The smallest absolute Gasteiger partial charge is 0.380 e.